The lowest BCUT2D eigenvalue weighted by Crippen LogP contribution is -2.48. The van der Waals surface area contributed by atoms with E-state index < -0.39 is 0 Å². The summed E-state index contributed by atoms with van der Waals surface area (Å²) >= 11 is 0. The molecule has 2 N–H and O–H groups in total. The number of hydrogen-bond acceptors (Lipinski definition) is 4. The van der Waals surface area contributed by atoms with Gasteiger partial charge in [0.1, 0.15) is 12.0 Å². The summed E-state index contributed by atoms with van der Waals surface area (Å²) in [5.74, 6) is 0.819. The quantitative estimate of drug-likeness (QED) is 0.649. The SMILES string of the molecule is CN=C(NCc1ccon1)NC1CCN(Cc2ccccc2)CC1. The summed E-state index contributed by atoms with van der Waals surface area (Å²) in [6, 6.07) is 13.0. The lowest BCUT2D eigenvalue weighted by molar-refractivity contribution is 0.198. The van der Waals surface area contributed by atoms with E-state index in [9.17, 15) is 0 Å². The molecular formula is C18H25N5O. The number of aliphatic imine (C=N–C) groups is 1. The molecule has 1 aromatic heterocycles. The minimum absolute atomic E-state index is 0.459. The Morgan fingerprint density at radius 1 is 1.25 bits per heavy atom. The molecule has 0 atom stereocenters. The van der Waals surface area contributed by atoms with E-state index in [1.165, 1.54) is 5.56 Å². The predicted octanol–water partition coefficient (Wildman–Crippen LogP) is 2.00. The maximum atomic E-state index is 4.84. The Morgan fingerprint density at radius 2 is 2.04 bits per heavy atom. The third-order valence-electron chi connectivity index (χ3n) is 4.33. The highest BCUT2D eigenvalue weighted by molar-refractivity contribution is 5.79. The molecule has 6 heteroatoms. The maximum Gasteiger partial charge on any atom is 0.191 e. The summed E-state index contributed by atoms with van der Waals surface area (Å²) in [7, 11) is 1.79. The van der Waals surface area contributed by atoms with Crippen molar-refractivity contribution in [2.75, 3.05) is 20.1 Å². The molecule has 2 heterocycles. The van der Waals surface area contributed by atoms with Gasteiger partial charge in [0.15, 0.2) is 5.96 Å². The van der Waals surface area contributed by atoms with Gasteiger partial charge >= 0.3 is 0 Å². The first-order valence-corrected chi connectivity index (χ1v) is 8.46. The van der Waals surface area contributed by atoms with E-state index in [0.717, 1.165) is 44.1 Å². The fourth-order valence-corrected chi connectivity index (χ4v) is 2.97. The van der Waals surface area contributed by atoms with Gasteiger partial charge in [-0.15, -0.1) is 0 Å². The number of nitrogens with one attached hydrogen (secondary N) is 2. The van der Waals surface area contributed by atoms with Crippen LogP contribution in [0.3, 0.4) is 0 Å². The van der Waals surface area contributed by atoms with E-state index in [4.69, 9.17) is 4.52 Å². The van der Waals surface area contributed by atoms with Gasteiger partial charge in [-0.2, -0.15) is 0 Å². The Morgan fingerprint density at radius 3 is 2.71 bits per heavy atom. The van der Waals surface area contributed by atoms with Crippen molar-refractivity contribution in [3.63, 3.8) is 0 Å². The molecule has 1 fully saturated rings. The number of nitrogens with zero attached hydrogens (tertiary/aromatic N) is 3. The van der Waals surface area contributed by atoms with Crippen molar-refractivity contribution < 1.29 is 4.52 Å². The molecule has 6 nitrogen and oxygen atoms in total. The number of benzene rings is 1. The molecule has 0 spiro atoms. The predicted molar refractivity (Wildman–Crippen MR) is 94.6 cm³/mol. The standard InChI is InChI=1S/C18H25N5O/c1-19-18(20-13-17-9-12-24-22-17)21-16-7-10-23(11-8-16)14-15-5-3-2-4-6-15/h2-6,9,12,16H,7-8,10-11,13-14H2,1H3,(H2,19,20,21). The van der Waals surface area contributed by atoms with Crippen molar-refractivity contribution in [3.05, 3.63) is 53.9 Å². The van der Waals surface area contributed by atoms with Crippen molar-refractivity contribution in [1.82, 2.24) is 20.7 Å². The van der Waals surface area contributed by atoms with Crippen LogP contribution in [0.5, 0.6) is 0 Å². The van der Waals surface area contributed by atoms with Crippen molar-refractivity contribution in [1.29, 1.82) is 0 Å². The van der Waals surface area contributed by atoms with Crippen LogP contribution in [0, 0.1) is 0 Å². The van der Waals surface area contributed by atoms with Crippen LogP contribution in [-0.2, 0) is 13.1 Å². The van der Waals surface area contributed by atoms with Gasteiger partial charge in [0.05, 0.1) is 6.54 Å². The highest BCUT2D eigenvalue weighted by Crippen LogP contribution is 2.13. The first-order chi connectivity index (χ1) is 11.8. The normalized spacial score (nSPS) is 17.0. The molecule has 1 saturated heterocycles. The molecule has 0 saturated carbocycles. The highest BCUT2D eigenvalue weighted by atomic mass is 16.5. The van der Waals surface area contributed by atoms with Gasteiger partial charge in [-0.05, 0) is 18.4 Å². The largest absolute Gasteiger partial charge is 0.364 e. The second-order valence-corrected chi connectivity index (χ2v) is 6.10. The Labute approximate surface area is 142 Å². The first-order valence-electron chi connectivity index (χ1n) is 8.46. The fraction of sp³-hybridized carbons (Fsp3) is 0.444. The molecule has 2 aromatic rings. The Balaban J connectivity index is 1.41. The number of aromatic nitrogens is 1. The van der Waals surface area contributed by atoms with Crippen molar-refractivity contribution in [2.24, 2.45) is 4.99 Å². The summed E-state index contributed by atoms with van der Waals surface area (Å²) in [4.78, 5) is 6.80. The van der Waals surface area contributed by atoms with Crippen LogP contribution in [-0.4, -0.2) is 42.2 Å². The lowest BCUT2D eigenvalue weighted by Gasteiger charge is -2.33. The average molecular weight is 327 g/mol. The number of likely N-dealkylation sites (tertiary alicyclic amines) is 1. The van der Waals surface area contributed by atoms with Gasteiger partial charge in [0.25, 0.3) is 0 Å². The second kappa shape index (κ2) is 8.49. The summed E-state index contributed by atoms with van der Waals surface area (Å²) in [6.07, 6.45) is 3.82. The molecule has 0 bridgehead atoms. The van der Waals surface area contributed by atoms with Crippen LogP contribution in [0.25, 0.3) is 0 Å². The van der Waals surface area contributed by atoms with Gasteiger partial charge in [0.2, 0.25) is 0 Å². The summed E-state index contributed by atoms with van der Waals surface area (Å²) in [6.45, 7) is 3.86. The number of rotatable bonds is 5. The minimum atomic E-state index is 0.459. The molecule has 0 amide bonds. The second-order valence-electron chi connectivity index (χ2n) is 6.10. The molecule has 128 valence electrons. The Kier molecular flexibility index (Phi) is 5.85. The van der Waals surface area contributed by atoms with Crippen molar-refractivity contribution in [3.8, 4) is 0 Å². The molecule has 0 radical (unpaired) electrons. The van der Waals surface area contributed by atoms with E-state index in [-0.39, 0.29) is 0 Å². The topological polar surface area (TPSA) is 65.7 Å². The zero-order valence-corrected chi connectivity index (χ0v) is 14.1. The van der Waals surface area contributed by atoms with Crippen LogP contribution >= 0.6 is 0 Å². The van der Waals surface area contributed by atoms with Crippen LogP contribution in [0.1, 0.15) is 24.1 Å². The molecule has 3 rings (SSSR count). The molecule has 1 aromatic carbocycles. The fourth-order valence-electron chi connectivity index (χ4n) is 2.97. The van der Waals surface area contributed by atoms with Crippen LogP contribution < -0.4 is 10.6 Å². The van der Waals surface area contributed by atoms with Gasteiger partial charge in [0, 0.05) is 38.8 Å². The number of guanidine groups is 1. The Bertz CT molecular complexity index is 618. The molecule has 1 aliphatic rings. The molecule has 0 aliphatic carbocycles. The third kappa shape index (κ3) is 4.83. The maximum absolute atomic E-state index is 4.84. The summed E-state index contributed by atoms with van der Waals surface area (Å²) in [5, 5.41) is 10.7. The van der Waals surface area contributed by atoms with Gasteiger partial charge in [-0.1, -0.05) is 35.5 Å². The highest BCUT2D eigenvalue weighted by Gasteiger charge is 2.20. The molecular weight excluding hydrogens is 302 g/mol. The smallest absolute Gasteiger partial charge is 0.191 e. The summed E-state index contributed by atoms with van der Waals surface area (Å²) < 4.78 is 4.84. The molecule has 0 unspecified atom stereocenters. The Hall–Kier alpha value is -2.34. The molecule has 24 heavy (non-hydrogen) atoms. The van der Waals surface area contributed by atoms with Crippen molar-refractivity contribution in [2.45, 2.75) is 32.0 Å². The van der Waals surface area contributed by atoms with Crippen molar-refractivity contribution >= 4 is 5.96 Å². The zero-order chi connectivity index (χ0) is 16.6. The van der Waals surface area contributed by atoms with E-state index in [1.807, 2.05) is 6.07 Å². The first kappa shape index (κ1) is 16.5. The van der Waals surface area contributed by atoms with Gasteiger partial charge < -0.3 is 15.2 Å². The molecule has 1 aliphatic heterocycles. The number of piperidine rings is 1. The third-order valence-corrected chi connectivity index (χ3v) is 4.33. The van der Waals surface area contributed by atoms with Crippen LogP contribution in [0.2, 0.25) is 0 Å². The van der Waals surface area contributed by atoms with Crippen LogP contribution in [0.15, 0.2) is 52.2 Å². The average Bonchev–Trinajstić information content (AvgIpc) is 3.14. The summed E-state index contributed by atoms with van der Waals surface area (Å²) in [5.41, 5.74) is 2.25. The monoisotopic (exact) mass is 327 g/mol. The van der Waals surface area contributed by atoms with E-state index in [1.54, 1.807) is 13.3 Å². The van der Waals surface area contributed by atoms with E-state index in [0.29, 0.717) is 12.6 Å². The zero-order valence-electron chi connectivity index (χ0n) is 14.1. The minimum Gasteiger partial charge on any atom is -0.364 e. The van der Waals surface area contributed by atoms with Gasteiger partial charge in [-0.3, -0.25) is 9.89 Å². The lowest BCUT2D eigenvalue weighted by atomic mass is 10.0. The van der Waals surface area contributed by atoms with E-state index >= 15 is 0 Å². The van der Waals surface area contributed by atoms with E-state index in [2.05, 4.69) is 56.0 Å². The number of hydrogen-bond donors (Lipinski definition) is 2. The van der Waals surface area contributed by atoms with Gasteiger partial charge in [-0.25, -0.2) is 0 Å². The van der Waals surface area contributed by atoms with Crippen LogP contribution in [0.4, 0.5) is 0 Å².